The zero-order valence-corrected chi connectivity index (χ0v) is 17.4. The van der Waals surface area contributed by atoms with Gasteiger partial charge >= 0.3 is 0 Å². The summed E-state index contributed by atoms with van der Waals surface area (Å²) >= 11 is 0. The maximum atomic E-state index is 12.7. The van der Waals surface area contributed by atoms with Gasteiger partial charge in [-0.2, -0.15) is 4.31 Å². The molecule has 0 spiro atoms. The van der Waals surface area contributed by atoms with E-state index in [1.165, 1.54) is 28.6 Å². The first-order valence-electron chi connectivity index (χ1n) is 9.93. The molecule has 0 saturated carbocycles. The van der Waals surface area contributed by atoms with Gasteiger partial charge < -0.3 is 14.5 Å². The fourth-order valence-corrected chi connectivity index (χ4v) is 5.13. The van der Waals surface area contributed by atoms with Crippen molar-refractivity contribution in [3.8, 4) is 0 Å². The highest BCUT2D eigenvalue weighted by Gasteiger charge is 2.26. The molecule has 5 rings (SSSR count). The molecule has 0 bridgehead atoms. The van der Waals surface area contributed by atoms with Crippen molar-refractivity contribution in [2.45, 2.75) is 4.90 Å². The van der Waals surface area contributed by atoms with Gasteiger partial charge in [-0.1, -0.05) is 18.2 Å². The standard InChI is InChI=1S/C23H20N2O5S/c26-23(16-5-8-18(9-6-16)31(27,28)25-11-13-29-14-12-25)24-17-7-10-20-19-3-1-2-4-21(19)30-22(20)15-17/h1-10,15H,11-14H2,(H,24,26). The Morgan fingerprint density at radius 3 is 2.35 bits per heavy atom. The Morgan fingerprint density at radius 2 is 1.58 bits per heavy atom. The van der Waals surface area contributed by atoms with Gasteiger partial charge in [0.05, 0.1) is 18.1 Å². The molecule has 0 aliphatic carbocycles. The predicted octanol–water partition coefficient (Wildman–Crippen LogP) is 3.86. The molecule has 1 N–H and O–H groups in total. The van der Waals surface area contributed by atoms with Gasteiger partial charge in [0.2, 0.25) is 10.0 Å². The first-order valence-corrected chi connectivity index (χ1v) is 11.4. The smallest absolute Gasteiger partial charge is 0.255 e. The van der Waals surface area contributed by atoms with Crippen molar-refractivity contribution < 1.29 is 22.4 Å². The monoisotopic (exact) mass is 436 g/mol. The Balaban J connectivity index is 1.35. The van der Waals surface area contributed by atoms with Crippen molar-refractivity contribution in [2.75, 3.05) is 31.6 Å². The lowest BCUT2D eigenvalue weighted by atomic mass is 10.1. The number of carbonyl (C=O) groups excluding carboxylic acids is 1. The molecule has 31 heavy (non-hydrogen) atoms. The average Bonchev–Trinajstić information content (AvgIpc) is 3.17. The van der Waals surface area contributed by atoms with Gasteiger partial charge in [-0.05, 0) is 42.5 Å². The second kappa shape index (κ2) is 7.81. The Labute approximate surface area is 179 Å². The van der Waals surface area contributed by atoms with E-state index in [1.54, 1.807) is 6.07 Å². The molecule has 1 aromatic heterocycles. The number of hydrogen-bond donors (Lipinski definition) is 1. The van der Waals surface area contributed by atoms with Crippen LogP contribution in [0, 0.1) is 0 Å². The summed E-state index contributed by atoms with van der Waals surface area (Å²) in [5, 5.41) is 4.84. The molecule has 1 saturated heterocycles. The summed E-state index contributed by atoms with van der Waals surface area (Å²) < 4.78 is 37.9. The molecule has 1 aliphatic heterocycles. The summed E-state index contributed by atoms with van der Waals surface area (Å²) in [7, 11) is -3.59. The van der Waals surface area contributed by atoms with Crippen LogP contribution in [-0.4, -0.2) is 44.9 Å². The highest BCUT2D eigenvalue weighted by Crippen LogP contribution is 2.30. The third-order valence-corrected chi connectivity index (χ3v) is 7.27. The van der Waals surface area contributed by atoms with Crippen LogP contribution in [0.5, 0.6) is 0 Å². The maximum absolute atomic E-state index is 12.7. The van der Waals surface area contributed by atoms with Crippen molar-refractivity contribution in [1.29, 1.82) is 0 Å². The van der Waals surface area contributed by atoms with Gasteiger partial charge in [0, 0.05) is 41.2 Å². The van der Waals surface area contributed by atoms with Gasteiger partial charge in [0.25, 0.3) is 5.91 Å². The number of benzene rings is 3. The van der Waals surface area contributed by atoms with Crippen LogP contribution in [0.1, 0.15) is 10.4 Å². The predicted molar refractivity (Wildman–Crippen MR) is 118 cm³/mol. The van der Waals surface area contributed by atoms with E-state index in [1.807, 2.05) is 36.4 Å². The zero-order valence-electron chi connectivity index (χ0n) is 16.6. The quantitative estimate of drug-likeness (QED) is 0.525. The first-order chi connectivity index (χ1) is 15.0. The average molecular weight is 436 g/mol. The number of rotatable bonds is 4. The minimum Gasteiger partial charge on any atom is -0.456 e. The molecule has 3 aromatic carbocycles. The minimum atomic E-state index is -3.59. The van der Waals surface area contributed by atoms with Crippen molar-refractivity contribution in [3.05, 3.63) is 72.3 Å². The molecule has 0 atom stereocenters. The van der Waals surface area contributed by atoms with Crippen molar-refractivity contribution in [3.63, 3.8) is 0 Å². The van der Waals surface area contributed by atoms with Gasteiger partial charge in [0.1, 0.15) is 11.2 Å². The minimum absolute atomic E-state index is 0.162. The van der Waals surface area contributed by atoms with Gasteiger partial charge in [-0.25, -0.2) is 8.42 Å². The lowest BCUT2D eigenvalue weighted by Gasteiger charge is -2.26. The number of carbonyl (C=O) groups is 1. The van der Waals surface area contributed by atoms with Crippen LogP contribution in [0.3, 0.4) is 0 Å². The number of sulfonamides is 1. The SMILES string of the molecule is O=C(Nc1ccc2c(c1)oc1ccccc12)c1ccc(S(=O)(=O)N2CCOCC2)cc1. The number of amides is 1. The number of anilines is 1. The van der Waals surface area contributed by atoms with Crippen molar-refractivity contribution in [1.82, 2.24) is 4.31 Å². The molecular formula is C23H20N2O5S. The topological polar surface area (TPSA) is 88.8 Å². The Hall–Kier alpha value is -3.20. The van der Waals surface area contributed by atoms with Crippen molar-refractivity contribution in [2.24, 2.45) is 0 Å². The highest BCUT2D eigenvalue weighted by atomic mass is 32.2. The van der Waals surface area contributed by atoms with E-state index in [2.05, 4.69) is 5.32 Å². The molecule has 0 radical (unpaired) electrons. The number of furan rings is 1. The third-order valence-electron chi connectivity index (χ3n) is 5.36. The number of morpholine rings is 1. The van der Waals surface area contributed by atoms with E-state index >= 15 is 0 Å². The lowest BCUT2D eigenvalue weighted by molar-refractivity contribution is 0.0730. The summed E-state index contributed by atoms with van der Waals surface area (Å²) in [4.78, 5) is 12.8. The van der Waals surface area contributed by atoms with Crippen LogP contribution in [0.4, 0.5) is 5.69 Å². The summed E-state index contributed by atoms with van der Waals surface area (Å²) in [6, 6.07) is 19.2. The second-order valence-corrected chi connectivity index (χ2v) is 9.24. The van der Waals surface area contributed by atoms with E-state index in [0.29, 0.717) is 43.1 Å². The second-order valence-electron chi connectivity index (χ2n) is 7.30. The van der Waals surface area contributed by atoms with E-state index in [0.717, 1.165) is 16.4 Å². The van der Waals surface area contributed by atoms with Crippen LogP contribution in [0.2, 0.25) is 0 Å². The van der Waals surface area contributed by atoms with Crippen LogP contribution < -0.4 is 5.32 Å². The van der Waals surface area contributed by atoms with E-state index in [4.69, 9.17) is 9.15 Å². The number of ether oxygens (including phenoxy) is 1. The molecule has 2 heterocycles. The number of para-hydroxylation sites is 1. The maximum Gasteiger partial charge on any atom is 0.255 e. The molecule has 1 aliphatic rings. The van der Waals surface area contributed by atoms with Gasteiger partial charge in [0.15, 0.2) is 0 Å². The van der Waals surface area contributed by atoms with E-state index < -0.39 is 10.0 Å². The first kappa shape index (κ1) is 19.7. The number of hydrogen-bond acceptors (Lipinski definition) is 5. The zero-order chi connectivity index (χ0) is 21.4. The molecule has 158 valence electrons. The summed E-state index contributed by atoms with van der Waals surface area (Å²) in [5.41, 5.74) is 2.44. The molecule has 1 fully saturated rings. The third kappa shape index (κ3) is 3.69. The number of nitrogens with zero attached hydrogens (tertiary/aromatic N) is 1. The Bertz CT molecular complexity index is 1370. The summed E-state index contributed by atoms with van der Waals surface area (Å²) in [6.45, 7) is 1.42. The molecule has 8 heteroatoms. The largest absolute Gasteiger partial charge is 0.456 e. The van der Waals surface area contributed by atoms with Gasteiger partial charge in [-0.15, -0.1) is 0 Å². The molecule has 0 unspecified atom stereocenters. The van der Waals surface area contributed by atoms with Gasteiger partial charge in [-0.3, -0.25) is 4.79 Å². The fraction of sp³-hybridized carbons (Fsp3) is 0.174. The van der Waals surface area contributed by atoms with Crippen LogP contribution in [-0.2, 0) is 14.8 Å². The van der Waals surface area contributed by atoms with E-state index in [-0.39, 0.29) is 10.8 Å². The van der Waals surface area contributed by atoms with Crippen LogP contribution in [0.25, 0.3) is 21.9 Å². The number of fused-ring (bicyclic) bond motifs is 3. The normalized spacial score (nSPS) is 15.4. The molecule has 7 nitrogen and oxygen atoms in total. The fourth-order valence-electron chi connectivity index (χ4n) is 3.72. The molecule has 1 amide bonds. The molecular weight excluding hydrogens is 416 g/mol. The Kier molecular flexibility index (Phi) is 4.97. The Morgan fingerprint density at radius 1 is 0.871 bits per heavy atom. The van der Waals surface area contributed by atoms with Crippen molar-refractivity contribution >= 4 is 43.6 Å². The van der Waals surface area contributed by atoms with Crippen LogP contribution in [0.15, 0.2) is 76.0 Å². The summed E-state index contributed by atoms with van der Waals surface area (Å²) in [5.74, 6) is -0.328. The lowest BCUT2D eigenvalue weighted by Crippen LogP contribution is -2.40. The highest BCUT2D eigenvalue weighted by molar-refractivity contribution is 7.89. The molecule has 4 aromatic rings. The number of nitrogens with one attached hydrogen (secondary N) is 1. The van der Waals surface area contributed by atoms with E-state index in [9.17, 15) is 13.2 Å². The summed E-state index contributed by atoms with van der Waals surface area (Å²) in [6.07, 6.45) is 0. The van der Waals surface area contributed by atoms with Crippen LogP contribution >= 0.6 is 0 Å².